The second kappa shape index (κ2) is 10.4. The fourth-order valence-electron chi connectivity index (χ4n) is 4.13. The first-order chi connectivity index (χ1) is 17.1. The van der Waals surface area contributed by atoms with E-state index in [2.05, 4.69) is 15.5 Å². The maximum Gasteiger partial charge on any atom is 0.253 e. The number of nitrogens with zero attached hydrogens (tertiary/aromatic N) is 4. The summed E-state index contributed by atoms with van der Waals surface area (Å²) in [4.78, 5) is 26.7. The Morgan fingerprint density at radius 2 is 1.80 bits per heavy atom. The summed E-state index contributed by atoms with van der Waals surface area (Å²) in [6, 6.07) is 14.9. The molecule has 0 aliphatic carbocycles. The lowest BCUT2D eigenvalue weighted by atomic mass is 10.1. The van der Waals surface area contributed by atoms with Crippen molar-refractivity contribution in [3.8, 4) is 11.5 Å². The molecule has 3 heterocycles. The van der Waals surface area contributed by atoms with Gasteiger partial charge in [0.15, 0.2) is 28.6 Å². The first-order valence-corrected chi connectivity index (χ1v) is 12.6. The van der Waals surface area contributed by atoms with Gasteiger partial charge >= 0.3 is 0 Å². The van der Waals surface area contributed by atoms with Crippen molar-refractivity contribution in [1.82, 2.24) is 25.0 Å². The molecule has 2 aromatic carbocycles. The highest BCUT2D eigenvalue weighted by Gasteiger charge is 2.27. The number of benzene rings is 2. The Bertz CT molecular complexity index is 1210. The summed E-state index contributed by atoms with van der Waals surface area (Å²) in [6.07, 6.45) is 1.77. The van der Waals surface area contributed by atoms with Crippen LogP contribution in [0.4, 0.5) is 0 Å². The van der Waals surface area contributed by atoms with E-state index in [0.29, 0.717) is 41.2 Å². The Balaban J connectivity index is 1.10. The molecule has 0 bridgehead atoms. The van der Waals surface area contributed by atoms with Crippen LogP contribution in [0, 0.1) is 0 Å². The highest BCUT2D eigenvalue weighted by atomic mass is 32.2. The van der Waals surface area contributed by atoms with Crippen molar-refractivity contribution in [2.45, 2.75) is 30.6 Å². The maximum atomic E-state index is 12.5. The number of fused-ring (bicyclic) bond motifs is 1. The number of para-hydroxylation sites is 2. The van der Waals surface area contributed by atoms with Gasteiger partial charge in [-0.1, -0.05) is 36.0 Å². The molecule has 0 radical (unpaired) electrons. The summed E-state index contributed by atoms with van der Waals surface area (Å²) in [5, 5.41) is 12.0. The summed E-state index contributed by atoms with van der Waals surface area (Å²) in [5.74, 6) is 2.21. The topological polar surface area (TPSA) is 98.6 Å². The van der Waals surface area contributed by atoms with Crippen LogP contribution in [0.5, 0.6) is 11.5 Å². The van der Waals surface area contributed by atoms with Crippen LogP contribution in [-0.2, 0) is 18.4 Å². The number of aromatic nitrogens is 3. The number of likely N-dealkylation sites (tertiary alicyclic amines) is 1. The zero-order valence-corrected chi connectivity index (χ0v) is 20.3. The standard InChI is InChI=1S/C25H27N5O4S/c1-29-23(21-15-33-19-6-2-3-7-20(19)34-21)27-28-25(29)35-16-22(31)26-14-17-8-10-18(11-9-17)24(32)30-12-4-5-13-30/h2-3,6-11,21H,4-5,12-16H2,1H3,(H,26,31). The quantitative estimate of drug-likeness (QED) is 0.505. The Labute approximate surface area is 207 Å². The Morgan fingerprint density at radius 1 is 1.06 bits per heavy atom. The Hall–Kier alpha value is -3.53. The van der Waals surface area contributed by atoms with Crippen LogP contribution >= 0.6 is 11.8 Å². The third-order valence-electron chi connectivity index (χ3n) is 6.08. The van der Waals surface area contributed by atoms with E-state index in [-0.39, 0.29) is 23.7 Å². The van der Waals surface area contributed by atoms with E-state index in [1.54, 1.807) is 0 Å². The summed E-state index contributed by atoms with van der Waals surface area (Å²) in [7, 11) is 1.85. The second-order valence-corrected chi connectivity index (χ2v) is 9.47. The fraction of sp³-hybridized carbons (Fsp3) is 0.360. The smallest absolute Gasteiger partial charge is 0.253 e. The molecule has 1 unspecified atom stereocenters. The van der Waals surface area contributed by atoms with Crippen molar-refractivity contribution in [3.05, 3.63) is 65.5 Å². The van der Waals surface area contributed by atoms with Crippen molar-refractivity contribution < 1.29 is 19.1 Å². The van der Waals surface area contributed by atoms with Gasteiger partial charge in [-0.15, -0.1) is 10.2 Å². The van der Waals surface area contributed by atoms with E-state index >= 15 is 0 Å². The van der Waals surface area contributed by atoms with Gasteiger partial charge in [0.1, 0.15) is 6.61 Å². The highest BCUT2D eigenvalue weighted by Crippen LogP contribution is 2.35. The van der Waals surface area contributed by atoms with Gasteiger partial charge in [-0.3, -0.25) is 9.59 Å². The van der Waals surface area contributed by atoms with Crippen molar-refractivity contribution in [2.24, 2.45) is 7.05 Å². The molecule has 1 N–H and O–H groups in total. The molecule has 182 valence electrons. The summed E-state index contributed by atoms with van der Waals surface area (Å²) < 4.78 is 13.6. The number of ether oxygens (including phenoxy) is 2. The number of hydrogen-bond acceptors (Lipinski definition) is 7. The van der Waals surface area contributed by atoms with E-state index in [9.17, 15) is 9.59 Å². The second-order valence-electron chi connectivity index (χ2n) is 8.53. The van der Waals surface area contributed by atoms with Gasteiger partial charge in [0.2, 0.25) is 5.91 Å². The molecule has 1 saturated heterocycles. The minimum atomic E-state index is -0.370. The molecule has 0 saturated carbocycles. The molecule has 2 aliphatic heterocycles. The minimum absolute atomic E-state index is 0.0759. The van der Waals surface area contributed by atoms with Crippen molar-refractivity contribution in [3.63, 3.8) is 0 Å². The number of carbonyl (C=O) groups excluding carboxylic acids is 2. The third kappa shape index (κ3) is 5.27. The molecule has 1 atom stereocenters. The fourth-order valence-corrected chi connectivity index (χ4v) is 4.88. The van der Waals surface area contributed by atoms with Crippen molar-refractivity contribution >= 4 is 23.6 Å². The van der Waals surface area contributed by atoms with Gasteiger partial charge in [-0.2, -0.15) is 0 Å². The predicted molar refractivity (Wildman–Crippen MR) is 130 cm³/mol. The molecule has 10 heteroatoms. The lowest BCUT2D eigenvalue weighted by Gasteiger charge is -2.25. The van der Waals surface area contributed by atoms with Gasteiger partial charge in [-0.25, -0.2) is 0 Å². The van der Waals surface area contributed by atoms with Crippen LogP contribution in [0.15, 0.2) is 53.7 Å². The zero-order valence-electron chi connectivity index (χ0n) is 19.5. The van der Waals surface area contributed by atoms with Crippen LogP contribution < -0.4 is 14.8 Å². The minimum Gasteiger partial charge on any atom is -0.485 e. The lowest BCUT2D eigenvalue weighted by Crippen LogP contribution is -2.27. The molecule has 5 rings (SSSR count). The van der Waals surface area contributed by atoms with E-state index in [4.69, 9.17) is 9.47 Å². The van der Waals surface area contributed by atoms with Gasteiger partial charge in [0, 0.05) is 32.2 Å². The molecule has 9 nitrogen and oxygen atoms in total. The monoisotopic (exact) mass is 493 g/mol. The largest absolute Gasteiger partial charge is 0.485 e. The number of nitrogens with one attached hydrogen (secondary N) is 1. The molecule has 35 heavy (non-hydrogen) atoms. The number of hydrogen-bond donors (Lipinski definition) is 1. The number of carbonyl (C=O) groups is 2. The van der Waals surface area contributed by atoms with Crippen LogP contribution in [0.2, 0.25) is 0 Å². The molecule has 1 fully saturated rings. The third-order valence-corrected chi connectivity index (χ3v) is 7.10. The van der Waals surface area contributed by atoms with Gasteiger partial charge < -0.3 is 24.3 Å². The van der Waals surface area contributed by atoms with E-state index in [0.717, 1.165) is 31.5 Å². The van der Waals surface area contributed by atoms with Gasteiger partial charge in [-0.05, 0) is 42.7 Å². The number of thioether (sulfide) groups is 1. The van der Waals surface area contributed by atoms with Crippen LogP contribution in [0.25, 0.3) is 0 Å². The van der Waals surface area contributed by atoms with Crippen LogP contribution in [0.1, 0.15) is 40.7 Å². The summed E-state index contributed by atoms with van der Waals surface area (Å²) >= 11 is 1.31. The lowest BCUT2D eigenvalue weighted by molar-refractivity contribution is -0.118. The predicted octanol–water partition coefficient (Wildman–Crippen LogP) is 2.97. The number of amides is 2. The Kier molecular flexibility index (Phi) is 6.89. The molecular formula is C25H27N5O4S. The van der Waals surface area contributed by atoms with E-state index in [1.165, 1.54) is 11.8 Å². The van der Waals surface area contributed by atoms with Crippen molar-refractivity contribution in [1.29, 1.82) is 0 Å². The maximum absolute atomic E-state index is 12.5. The zero-order chi connectivity index (χ0) is 24.2. The number of rotatable bonds is 7. The van der Waals surface area contributed by atoms with E-state index < -0.39 is 0 Å². The highest BCUT2D eigenvalue weighted by molar-refractivity contribution is 7.99. The van der Waals surface area contributed by atoms with E-state index in [1.807, 2.05) is 65.0 Å². The summed E-state index contributed by atoms with van der Waals surface area (Å²) in [5.41, 5.74) is 1.63. The summed E-state index contributed by atoms with van der Waals surface area (Å²) in [6.45, 7) is 2.40. The first kappa shape index (κ1) is 23.2. The van der Waals surface area contributed by atoms with Crippen LogP contribution in [0.3, 0.4) is 0 Å². The first-order valence-electron chi connectivity index (χ1n) is 11.6. The normalized spacial score (nSPS) is 16.8. The van der Waals surface area contributed by atoms with Crippen molar-refractivity contribution in [2.75, 3.05) is 25.4 Å². The molecule has 3 aromatic rings. The molecule has 2 amide bonds. The molecule has 1 aromatic heterocycles. The molecular weight excluding hydrogens is 466 g/mol. The van der Waals surface area contributed by atoms with Gasteiger partial charge in [0.05, 0.1) is 5.75 Å². The SMILES string of the molecule is Cn1c(SCC(=O)NCc2ccc(C(=O)N3CCCC3)cc2)nnc1C1COc2ccccc2O1. The van der Waals surface area contributed by atoms with Crippen LogP contribution in [-0.4, -0.2) is 56.9 Å². The Morgan fingerprint density at radius 3 is 2.57 bits per heavy atom. The average Bonchev–Trinajstić information content (AvgIpc) is 3.56. The van der Waals surface area contributed by atoms with Gasteiger partial charge in [0.25, 0.3) is 5.91 Å². The molecule has 0 spiro atoms. The average molecular weight is 494 g/mol. The molecule has 2 aliphatic rings.